The molecule has 1 unspecified atom stereocenters. The third-order valence-electron chi connectivity index (χ3n) is 13.5. The number of hydrogen-bond acceptors (Lipinski definition) is 1. The van der Waals surface area contributed by atoms with Gasteiger partial charge in [-0.25, -0.2) is 4.98 Å². The number of benzene rings is 10. The first-order valence-electron chi connectivity index (χ1n) is 21.0. The molecule has 11 aromatic rings. The number of fused-ring (bicyclic) bond motifs is 17. The number of aromatic nitrogens is 1. The monoisotopic (exact) mass is 759 g/mol. The Bertz CT molecular complexity index is 3540. The Hall–Kier alpha value is -7.61. The number of rotatable bonds is 3. The van der Waals surface area contributed by atoms with Gasteiger partial charge in [-0.05, 0) is 106 Å². The predicted octanol–water partition coefficient (Wildman–Crippen LogP) is 15.0. The number of pyridine rings is 1. The topological polar surface area (TPSA) is 12.9 Å². The standard InChI is InChI=1S/C59H37N/c1-2-16-37(17-3-1)57-49-26-10-9-25-48(49)56-58(60-57)50-27-11-13-30-54(50)59(56)53-29-12-4-18-41(53)36-52-42(28-15-31-55(52)59)40-20-14-19-38(34-40)39-32-33-47-45-23-6-5-21-43(45)44-22-7-8-24-46(44)51(47)35-39/h1-35H,36H2. The van der Waals surface area contributed by atoms with Gasteiger partial charge in [-0.2, -0.15) is 0 Å². The van der Waals surface area contributed by atoms with Gasteiger partial charge in [0, 0.05) is 22.1 Å². The third-order valence-corrected chi connectivity index (χ3v) is 13.5. The van der Waals surface area contributed by atoms with E-state index in [0.717, 1.165) is 23.4 Å². The van der Waals surface area contributed by atoms with E-state index in [2.05, 4.69) is 212 Å². The first-order valence-corrected chi connectivity index (χ1v) is 21.0. The van der Waals surface area contributed by atoms with E-state index >= 15 is 0 Å². The fourth-order valence-electron chi connectivity index (χ4n) is 11.1. The van der Waals surface area contributed by atoms with E-state index in [0.29, 0.717) is 0 Å². The summed E-state index contributed by atoms with van der Waals surface area (Å²) < 4.78 is 0. The molecule has 278 valence electrons. The lowest BCUT2D eigenvalue weighted by Crippen LogP contribution is -2.34. The molecule has 0 amide bonds. The zero-order valence-electron chi connectivity index (χ0n) is 32.9. The van der Waals surface area contributed by atoms with Crippen LogP contribution in [0.2, 0.25) is 0 Å². The summed E-state index contributed by atoms with van der Waals surface area (Å²) in [6.45, 7) is 0. The van der Waals surface area contributed by atoms with Crippen molar-refractivity contribution >= 4 is 43.1 Å². The van der Waals surface area contributed by atoms with Gasteiger partial charge in [0.15, 0.2) is 0 Å². The molecule has 1 atom stereocenters. The van der Waals surface area contributed by atoms with Gasteiger partial charge >= 0.3 is 0 Å². The lowest BCUT2D eigenvalue weighted by Gasteiger charge is -2.41. The molecule has 60 heavy (non-hydrogen) atoms. The van der Waals surface area contributed by atoms with Gasteiger partial charge in [0.1, 0.15) is 0 Å². The minimum Gasteiger partial charge on any atom is -0.247 e. The third kappa shape index (κ3) is 4.55. The molecule has 0 saturated heterocycles. The highest BCUT2D eigenvalue weighted by Gasteiger charge is 2.52. The summed E-state index contributed by atoms with van der Waals surface area (Å²) in [7, 11) is 0. The van der Waals surface area contributed by atoms with E-state index in [1.54, 1.807) is 0 Å². The summed E-state index contributed by atoms with van der Waals surface area (Å²) in [5.74, 6) is 0. The lowest BCUT2D eigenvalue weighted by atomic mass is 9.60. The van der Waals surface area contributed by atoms with E-state index in [4.69, 9.17) is 4.98 Å². The molecule has 0 saturated carbocycles. The van der Waals surface area contributed by atoms with Crippen LogP contribution in [0.15, 0.2) is 212 Å². The van der Waals surface area contributed by atoms with Gasteiger partial charge in [-0.1, -0.05) is 200 Å². The Labute approximate surface area is 348 Å². The van der Waals surface area contributed by atoms with E-state index in [1.165, 1.54) is 104 Å². The molecule has 1 spiro atoms. The van der Waals surface area contributed by atoms with Crippen molar-refractivity contribution in [2.45, 2.75) is 11.8 Å². The van der Waals surface area contributed by atoms with Gasteiger partial charge in [-0.3, -0.25) is 0 Å². The van der Waals surface area contributed by atoms with Crippen LogP contribution < -0.4 is 0 Å². The molecule has 0 radical (unpaired) electrons. The Morgan fingerprint density at radius 2 is 0.850 bits per heavy atom. The fourth-order valence-corrected chi connectivity index (χ4v) is 11.1. The van der Waals surface area contributed by atoms with Crippen LogP contribution in [0.5, 0.6) is 0 Å². The maximum Gasteiger partial charge on any atom is 0.0788 e. The summed E-state index contributed by atoms with van der Waals surface area (Å²) >= 11 is 0. The van der Waals surface area contributed by atoms with Gasteiger partial charge in [0.25, 0.3) is 0 Å². The molecular formula is C59H37N. The summed E-state index contributed by atoms with van der Waals surface area (Å²) in [5, 5.41) is 10.2. The molecule has 0 fully saturated rings. The van der Waals surface area contributed by atoms with Gasteiger partial charge in [-0.15, -0.1) is 0 Å². The van der Waals surface area contributed by atoms with Crippen molar-refractivity contribution in [3.8, 4) is 44.8 Å². The predicted molar refractivity (Wildman–Crippen MR) is 251 cm³/mol. The largest absolute Gasteiger partial charge is 0.247 e. The first kappa shape index (κ1) is 33.4. The zero-order chi connectivity index (χ0) is 39.4. The highest BCUT2D eigenvalue weighted by atomic mass is 14.8. The molecular weight excluding hydrogens is 723 g/mol. The van der Waals surface area contributed by atoms with Crippen molar-refractivity contribution in [2.75, 3.05) is 0 Å². The summed E-state index contributed by atoms with van der Waals surface area (Å²) in [6, 6.07) is 78.8. The molecule has 1 nitrogen and oxygen atoms in total. The van der Waals surface area contributed by atoms with Crippen molar-refractivity contribution in [1.82, 2.24) is 4.98 Å². The van der Waals surface area contributed by atoms with E-state index in [9.17, 15) is 0 Å². The average Bonchev–Trinajstić information content (AvgIpc) is 3.62. The Morgan fingerprint density at radius 3 is 1.63 bits per heavy atom. The van der Waals surface area contributed by atoms with Gasteiger partial charge in [0.05, 0.1) is 16.8 Å². The van der Waals surface area contributed by atoms with Crippen LogP contribution in [0.1, 0.15) is 33.4 Å². The molecule has 2 aliphatic carbocycles. The minimum atomic E-state index is -0.548. The Balaban J connectivity index is 1.05. The number of nitrogens with zero attached hydrogens (tertiary/aromatic N) is 1. The Kier molecular flexibility index (Phi) is 7.06. The van der Waals surface area contributed by atoms with Crippen LogP contribution in [0.4, 0.5) is 0 Å². The molecule has 2 aliphatic rings. The highest BCUT2D eigenvalue weighted by molar-refractivity contribution is 6.25. The molecule has 0 N–H and O–H groups in total. The van der Waals surface area contributed by atoms with Crippen molar-refractivity contribution in [3.05, 3.63) is 246 Å². The van der Waals surface area contributed by atoms with Crippen LogP contribution in [0.25, 0.3) is 87.9 Å². The maximum atomic E-state index is 5.67. The zero-order valence-corrected chi connectivity index (χ0v) is 32.9. The molecule has 10 aromatic carbocycles. The van der Waals surface area contributed by atoms with Crippen LogP contribution in [0, 0.1) is 0 Å². The second-order valence-electron chi connectivity index (χ2n) is 16.5. The molecule has 1 heteroatoms. The SMILES string of the molecule is c1ccc(-c2nc3c(c4ccccc24)C2(c4ccccc4Cc4c(-c5cccc(-c6ccc7c8ccccc8c8ccccc8c7c6)c5)cccc42)c2ccccc2-3)cc1. The van der Waals surface area contributed by atoms with Gasteiger partial charge in [0.2, 0.25) is 0 Å². The van der Waals surface area contributed by atoms with E-state index in [-0.39, 0.29) is 0 Å². The van der Waals surface area contributed by atoms with Crippen molar-refractivity contribution < 1.29 is 0 Å². The van der Waals surface area contributed by atoms with Crippen molar-refractivity contribution in [1.29, 1.82) is 0 Å². The van der Waals surface area contributed by atoms with Crippen LogP contribution >= 0.6 is 0 Å². The van der Waals surface area contributed by atoms with E-state index in [1.807, 2.05) is 0 Å². The van der Waals surface area contributed by atoms with E-state index < -0.39 is 5.41 Å². The summed E-state index contributed by atoms with van der Waals surface area (Å²) in [4.78, 5) is 5.67. The highest BCUT2D eigenvalue weighted by Crippen LogP contribution is 2.61. The molecule has 1 heterocycles. The summed E-state index contributed by atoms with van der Waals surface area (Å²) in [6.07, 6.45) is 0.855. The molecule has 13 rings (SSSR count). The average molecular weight is 760 g/mol. The summed E-state index contributed by atoms with van der Waals surface area (Å²) in [5.41, 5.74) is 16.9. The quantitative estimate of drug-likeness (QED) is 0.164. The van der Waals surface area contributed by atoms with Crippen LogP contribution in [0.3, 0.4) is 0 Å². The second kappa shape index (κ2) is 12.7. The fraction of sp³-hybridized carbons (Fsp3) is 0.0339. The molecule has 0 bridgehead atoms. The van der Waals surface area contributed by atoms with Crippen molar-refractivity contribution in [3.63, 3.8) is 0 Å². The number of hydrogen-bond donors (Lipinski definition) is 0. The Morgan fingerprint density at radius 1 is 0.317 bits per heavy atom. The minimum absolute atomic E-state index is 0.548. The smallest absolute Gasteiger partial charge is 0.0788 e. The van der Waals surface area contributed by atoms with Crippen LogP contribution in [-0.4, -0.2) is 4.98 Å². The second-order valence-corrected chi connectivity index (χ2v) is 16.5. The van der Waals surface area contributed by atoms with Gasteiger partial charge < -0.3 is 0 Å². The normalized spacial score (nSPS) is 15.0. The molecule has 0 aliphatic heterocycles. The first-order chi connectivity index (χ1) is 29.8. The molecule has 1 aromatic heterocycles. The van der Waals surface area contributed by atoms with Crippen LogP contribution in [-0.2, 0) is 11.8 Å². The lowest BCUT2D eigenvalue weighted by molar-refractivity contribution is 0.727. The van der Waals surface area contributed by atoms with Crippen molar-refractivity contribution in [2.24, 2.45) is 0 Å². The maximum absolute atomic E-state index is 5.67.